The summed E-state index contributed by atoms with van der Waals surface area (Å²) in [7, 11) is 0. The molecule has 0 heterocycles. The Kier molecular flexibility index (Phi) is 11.1. The van der Waals surface area contributed by atoms with Crippen molar-refractivity contribution in [2.45, 2.75) is 62.3 Å². The van der Waals surface area contributed by atoms with Gasteiger partial charge >= 0.3 is 0 Å². The molecule has 145 valence electrons. The van der Waals surface area contributed by atoms with Crippen LogP contribution in [0.15, 0.2) is 0 Å². The van der Waals surface area contributed by atoms with E-state index in [0.29, 0.717) is 12.8 Å². The maximum absolute atomic E-state index is 10.2. The van der Waals surface area contributed by atoms with Crippen LogP contribution in [0.5, 0.6) is 0 Å². The van der Waals surface area contributed by atoms with Gasteiger partial charge in [-0.2, -0.15) is 0 Å². The van der Waals surface area contributed by atoms with Crippen LogP contribution in [0, 0.1) is 12.3 Å². The van der Waals surface area contributed by atoms with E-state index in [-0.39, 0.29) is 38.9 Å². The highest BCUT2D eigenvalue weighted by Crippen LogP contribution is 2.30. The molecule has 0 aromatic carbocycles. The molecule has 3 atom stereocenters. The Bertz CT molecular complexity index is 324. The lowest BCUT2D eigenvalue weighted by Gasteiger charge is -2.35. The van der Waals surface area contributed by atoms with E-state index >= 15 is 0 Å². The van der Waals surface area contributed by atoms with Crippen molar-refractivity contribution >= 4 is 0 Å². The first kappa shape index (κ1) is 23.6. The van der Waals surface area contributed by atoms with E-state index in [4.69, 9.17) is 20.4 Å². The predicted octanol–water partition coefficient (Wildman–Crippen LogP) is -2.79. The first-order valence-corrected chi connectivity index (χ1v) is 8.02. The summed E-state index contributed by atoms with van der Waals surface area (Å²) in [4.78, 5) is 0. The van der Waals surface area contributed by atoms with Crippen molar-refractivity contribution in [3.8, 4) is 0 Å². The molecule has 9 N–H and O–H groups in total. The third-order valence-electron chi connectivity index (χ3n) is 3.99. The minimum absolute atomic E-state index is 0.0338. The van der Waals surface area contributed by atoms with Crippen molar-refractivity contribution in [3.63, 3.8) is 0 Å². The van der Waals surface area contributed by atoms with Gasteiger partial charge in [0.05, 0.1) is 18.3 Å². The van der Waals surface area contributed by atoms with Crippen LogP contribution in [0.2, 0.25) is 0 Å². The molecule has 0 aromatic heterocycles. The van der Waals surface area contributed by atoms with Crippen LogP contribution in [-0.4, -0.2) is 89.6 Å². The summed E-state index contributed by atoms with van der Waals surface area (Å²) >= 11 is 0. The minimum atomic E-state index is -2.90. The second kappa shape index (κ2) is 11.3. The summed E-state index contributed by atoms with van der Waals surface area (Å²) in [6, 6.07) is 0. The first-order valence-electron chi connectivity index (χ1n) is 8.02. The maximum atomic E-state index is 10.2. The summed E-state index contributed by atoms with van der Waals surface area (Å²) in [6.45, 7) is -0.968. The second-order valence-electron chi connectivity index (χ2n) is 6.16. The number of aliphatic hydroxyl groups excluding tert-OH is 5. The lowest BCUT2D eigenvalue weighted by atomic mass is 9.83. The smallest absolute Gasteiger partial charge is 0.218 e. The molecule has 0 spiro atoms. The van der Waals surface area contributed by atoms with Gasteiger partial charge in [-0.1, -0.05) is 6.42 Å². The summed E-state index contributed by atoms with van der Waals surface area (Å²) in [5.74, 6) is -4.14. The van der Waals surface area contributed by atoms with Crippen molar-refractivity contribution in [2.75, 3.05) is 19.8 Å². The molecule has 0 saturated heterocycles. The van der Waals surface area contributed by atoms with E-state index in [2.05, 4.69) is 0 Å². The standard InChI is InChI=1S/C15H31O9/c16-6-2-1-4-11(15(23,24)13(20)21)8-12(19)9-14(22,10-18)5-3-7-17/h8,11-13,16-24H,1-7,9-10H2. The Balaban J connectivity index is 4.86. The SMILES string of the molecule is OCCCCC([CH]C(O)CC(O)(CO)CCCO)C(O)(O)C(O)O. The molecule has 0 fully saturated rings. The number of hydrogen-bond acceptors (Lipinski definition) is 9. The van der Waals surface area contributed by atoms with Gasteiger partial charge in [0.1, 0.15) is 0 Å². The Labute approximate surface area is 141 Å². The van der Waals surface area contributed by atoms with E-state index in [1.165, 1.54) is 0 Å². The van der Waals surface area contributed by atoms with Crippen molar-refractivity contribution in [1.29, 1.82) is 0 Å². The molecule has 0 saturated carbocycles. The zero-order valence-corrected chi connectivity index (χ0v) is 13.7. The lowest BCUT2D eigenvalue weighted by molar-refractivity contribution is -0.311. The normalized spacial score (nSPS) is 17.8. The molecule has 3 unspecified atom stereocenters. The fourth-order valence-electron chi connectivity index (χ4n) is 2.50. The van der Waals surface area contributed by atoms with Gasteiger partial charge in [0.2, 0.25) is 12.1 Å². The van der Waals surface area contributed by atoms with Gasteiger partial charge in [-0.05, 0) is 32.1 Å². The number of hydrogen-bond donors (Lipinski definition) is 9. The highest BCUT2D eigenvalue weighted by molar-refractivity contribution is 4.95. The van der Waals surface area contributed by atoms with Gasteiger partial charge in [-0.3, -0.25) is 0 Å². The van der Waals surface area contributed by atoms with Crippen LogP contribution in [0.3, 0.4) is 0 Å². The number of aliphatic hydroxyl groups is 9. The van der Waals surface area contributed by atoms with Crippen molar-refractivity contribution in [2.24, 2.45) is 5.92 Å². The molecule has 9 nitrogen and oxygen atoms in total. The van der Waals surface area contributed by atoms with Gasteiger partial charge in [-0.25, -0.2) is 0 Å². The maximum Gasteiger partial charge on any atom is 0.218 e. The Morgan fingerprint density at radius 3 is 1.88 bits per heavy atom. The third kappa shape index (κ3) is 8.15. The molecule has 0 aliphatic rings. The highest BCUT2D eigenvalue weighted by Gasteiger charge is 2.42. The molecule has 0 rings (SSSR count). The zero-order valence-electron chi connectivity index (χ0n) is 13.7. The molecule has 0 amide bonds. The van der Waals surface area contributed by atoms with E-state index in [0.717, 1.165) is 6.42 Å². The quantitative estimate of drug-likeness (QED) is 0.117. The van der Waals surface area contributed by atoms with Crippen LogP contribution < -0.4 is 0 Å². The number of unbranched alkanes of at least 4 members (excludes halogenated alkanes) is 1. The third-order valence-corrected chi connectivity index (χ3v) is 3.99. The fourth-order valence-corrected chi connectivity index (χ4v) is 2.50. The molecule has 1 radical (unpaired) electrons. The number of rotatable bonds is 14. The molecule has 9 heteroatoms. The van der Waals surface area contributed by atoms with Crippen molar-refractivity contribution < 1.29 is 46.0 Å². The zero-order chi connectivity index (χ0) is 18.8. The van der Waals surface area contributed by atoms with Crippen LogP contribution in [0.4, 0.5) is 0 Å². The van der Waals surface area contributed by atoms with Crippen LogP contribution in [0.1, 0.15) is 38.5 Å². The fraction of sp³-hybridized carbons (Fsp3) is 0.933. The first-order chi connectivity index (χ1) is 11.1. The van der Waals surface area contributed by atoms with Crippen LogP contribution in [0.25, 0.3) is 0 Å². The van der Waals surface area contributed by atoms with Crippen molar-refractivity contribution in [1.82, 2.24) is 0 Å². The van der Waals surface area contributed by atoms with E-state index in [1.54, 1.807) is 0 Å². The highest BCUT2D eigenvalue weighted by atomic mass is 16.6. The molecule has 0 aliphatic carbocycles. The Hall–Kier alpha value is -0.360. The molecular formula is C15H31O9. The van der Waals surface area contributed by atoms with Crippen LogP contribution in [-0.2, 0) is 0 Å². The second-order valence-corrected chi connectivity index (χ2v) is 6.16. The molecular weight excluding hydrogens is 324 g/mol. The molecule has 0 bridgehead atoms. The van der Waals surface area contributed by atoms with Gasteiger partial charge in [0.25, 0.3) is 0 Å². The van der Waals surface area contributed by atoms with Gasteiger partial charge < -0.3 is 46.0 Å². The Morgan fingerprint density at radius 2 is 1.42 bits per heavy atom. The summed E-state index contributed by atoms with van der Waals surface area (Å²) < 4.78 is 0. The van der Waals surface area contributed by atoms with E-state index in [9.17, 15) is 25.5 Å². The monoisotopic (exact) mass is 355 g/mol. The average Bonchev–Trinajstić information content (AvgIpc) is 2.51. The molecule has 24 heavy (non-hydrogen) atoms. The molecule has 0 aromatic rings. The summed E-state index contributed by atoms with van der Waals surface area (Å²) in [6.07, 6.45) is -2.09. The van der Waals surface area contributed by atoms with Crippen LogP contribution >= 0.6 is 0 Å². The van der Waals surface area contributed by atoms with Crippen molar-refractivity contribution in [3.05, 3.63) is 6.42 Å². The predicted molar refractivity (Wildman–Crippen MR) is 83.1 cm³/mol. The topological polar surface area (TPSA) is 182 Å². The van der Waals surface area contributed by atoms with E-state index < -0.39 is 36.3 Å². The lowest BCUT2D eigenvalue weighted by Crippen LogP contribution is -2.50. The largest absolute Gasteiger partial charge is 0.396 e. The minimum Gasteiger partial charge on any atom is -0.396 e. The average molecular weight is 355 g/mol. The summed E-state index contributed by atoms with van der Waals surface area (Å²) in [5, 5.41) is 84.9. The Morgan fingerprint density at radius 1 is 0.833 bits per heavy atom. The van der Waals surface area contributed by atoms with Gasteiger partial charge in [-0.15, -0.1) is 0 Å². The van der Waals surface area contributed by atoms with Gasteiger partial charge in [0, 0.05) is 25.6 Å². The molecule has 0 aliphatic heterocycles. The van der Waals surface area contributed by atoms with Gasteiger partial charge in [0.15, 0.2) is 0 Å². The summed E-state index contributed by atoms with van der Waals surface area (Å²) in [5.41, 5.74) is -1.65. The van der Waals surface area contributed by atoms with E-state index in [1.807, 2.05) is 0 Å².